The van der Waals surface area contributed by atoms with Gasteiger partial charge in [0.05, 0.1) is 6.10 Å². The lowest BCUT2D eigenvalue weighted by Crippen LogP contribution is -2.22. The minimum absolute atomic E-state index is 0.324. The lowest BCUT2D eigenvalue weighted by molar-refractivity contribution is 0.00696. The largest absolute Gasteiger partial charge is 0.388 e. The van der Waals surface area contributed by atoms with E-state index in [-0.39, 0.29) is 6.10 Å². The molecule has 2 heteroatoms. The fraction of sp³-hybridized carbons (Fsp3) is 0.538. The first-order valence-corrected chi connectivity index (χ1v) is 5.60. The van der Waals surface area contributed by atoms with E-state index in [0.29, 0.717) is 5.92 Å². The van der Waals surface area contributed by atoms with Gasteiger partial charge in [0, 0.05) is 13.2 Å². The predicted molar refractivity (Wildman–Crippen MR) is 59.7 cm³/mol. The van der Waals surface area contributed by atoms with E-state index in [0.717, 1.165) is 31.6 Å². The molecule has 1 N–H and O–H groups in total. The molecular formula is C13H18O2. The van der Waals surface area contributed by atoms with Gasteiger partial charge in [0.2, 0.25) is 0 Å². The normalized spacial score (nSPS) is 20.1. The third-order valence-electron chi connectivity index (χ3n) is 3.22. The van der Waals surface area contributed by atoms with Crippen LogP contribution in [0.25, 0.3) is 0 Å². The van der Waals surface area contributed by atoms with Crippen molar-refractivity contribution in [3.63, 3.8) is 0 Å². The number of hydrogen-bond donors (Lipinski definition) is 1. The first-order valence-electron chi connectivity index (χ1n) is 5.60. The van der Waals surface area contributed by atoms with Crippen LogP contribution in [0.1, 0.15) is 30.1 Å². The minimum Gasteiger partial charge on any atom is -0.388 e. The van der Waals surface area contributed by atoms with Crippen molar-refractivity contribution in [3.8, 4) is 0 Å². The maximum atomic E-state index is 10.3. The summed E-state index contributed by atoms with van der Waals surface area (Å²) < 4.78 is 5.30. The Labute approximate surface area is 90.9 Å². The fourth-order valence-corrected chi connectivity index (χ4v) is 2.20. The van der Waals surface area contributed by atoms with Crippen LogP contribution >= 0.6 is 0 Å². The molecule has 0 aromatic heterocycles. The van der Waals surface area contributed by atoms with E-state index in [4.69, 9.17) is 4.74 Å². The molecule has 1 saturated heterocycles. The number of aryl methyl sites for hydroxylation is 1. The summed E-state index contributed by atoms with van der Waals surface area (Å²) in [6.07, 6.45) is 1.61. The van der Waals surface area contributed by atoms with Crippen LogP contribution in [0, 0.1) is 12.8 Å². The molecule has 1 aromatic rings. The summed E-state index contributed by atoms with van der Waals surface area (Å²) in [4.78, 5) is 0. The Balaban J connectivity index is 2.12. The van der Waals surface area contributed by atoms with Crippen LogP contribution in [0.2, 0.25) is 0 Å². The van der Waals surface area contributed by atoms with Gasteiger partial charge in [-0.2, -0.15) is 0 Å². The van der Waals surface area contributed by atoms with Crippen molar-refractivity contribution >= 4 is 0 Å². The molecule has 1 heterocycles. The first kappa shape index (κ1) is 10.7. The number of hydrogen-bond acceptors (Lipinski definition) is 2. The second-order valence-electron chi connectivity index (χ2n) is 4.25. The average molecular weight is 206 g/mol. The zero-order valence-electron chi connectivity index (χ0n) is 9.15. The SMILES string of the molecule is Cc1ccccc1C(O)C1CCOCC1. The summed E-state index contributed by atoms with van der Waals surface area (Å²) in [5.41, 5.74) is 2.25. The highest BCUT2D eigenvalue weighted by Gasteiger charge is 2.24. The van der Waals surface area contributed by atoms with E-state index in [1.807, 2.05) is 18.2 Å². The van der Waals surface area contributed by atoms with E-state index >= 15 is 0 Å². The number of ether oxygens (including phenoxy) is 1. The van der Waals surface area contributed by atoms with Crippen LogP contribution < -0.4 is 0 Å². The van der Waals surface area contributed by atoms with Gasteiger partial charge in [-0.25, -0.2) is 0 Å². The molecule has 0 radical (unpaired) electrons. The van der Waals surface area contributed by atoms with Crippen molar-refractivity contribution in [2.45, 2.75) is 25.9 Å². The van der Waals surface area contributed by atoms with Gasteiger partial charge >= 0.3 is 0 Å². The summed E-state index contributed by atoms with van der Waals surface area (Å²) >= 11 is 0. The monoisotopic (exact) mass is 206 g/mol. The Bertz CT molecular complexity index is 316. The molecule has 0 aliphatic carbocycles. The summed E-state index contributed by atoms with van der Waals surface area (Å²) in [7, 11) is 0. The van der Waals surface area contributed by atoms with Gasteiger partial charge in [0.1, 0.15) is 0 Å². The Morgan fingerprint density at radius 2 is 1.93 bits per heavy atom. The Morgan fingerprint density at radius 3 is 2.60 bits per heavy atom. The molecule has 1 aromatic carbocycles. The predicted octanol–water partition coefficient (Wildman–Crippen LogP) is 2.46. The van der Waals surface area contributed by atoms with Gasteiger partial charge in [0.15, 0.2) is 0 Å². The minimum atomic E-state index is -0.324. The molecule has 0 spiro atoms. The highest BCUT2D eigenvalue weighted by molar-refractivity contribution is 5.28. The van der Waals surface area contributed by atoms with Crippen LogP contribution in [0.15, 0.2) is 24.3 Å². The van der Waals surface area contributed by atoms with Gasteiger partial charge < -0.3 is 9.84 Å². The Kier molecular flexibility index (Phi) is 3.39. The second-order valence-corrected chi connectivity index (χ2v) is 4.25. The molecule has 15 heavy (non-hydrogen) atoms. The van der Waals surface area contributed by atoms with Crippen molar-refractivity contribution in [3.05, 3.63) is 35.4 Å². The van der Waals surface area contributed by atoms with Crippen molar-refractivity contribution in [1.29, 1.82) is 0 Å². The standard InChI is InChI=1S/C13H18O2/c1-10-4-2-3-5-12(10)13(14)11-6-8-15-9-7-11/h2-5,11,13-14H,6-9H2,1H3. The van der Waals surface area contributed by atoms with Crippen molar-refractivity contribution in [1.82, 2.24) is 0 Å². The van der Waals surface area contributed by atoms with Crippen LogP contribution in [0.5, 0.6) is 0 Å². The molecule has 82 valence electrons. The Morgan fingerprint density at radius 1 is 1.27 bits per heavy atom. The lowest BCUT2D eigenvalue weighted by Gasteiger charge is -2.27. The average Bonchev–Trinajstić information content (AvgIpc) is 2.30. The molecule has 2 nitrogen and oxygen atoms in total. The van der Waals surface area contributed by atoms with E-state index < -0.39 is 0 Å². The lowest BCUT2D eigenvalue weighted by atomic mass is 9.88. The third kappa shape index (κ3) is 2.39. The number of rotatable bonds is 2. The van der Waals surface area contributed by atoms with Crippen molar-refractivity contribution in [2.24, 2.45) is 5.92 Å². The molecule has 1 aliphatic rings. The maximum absolute atomic E-state index is 10.3. The molecule has 1 unspecified atom stereocenters. The first-order chi connectivity index (χ1) is 7.29. The van der Waals surface area contributed by atoms with Gasteiger partial charge in [-0.3, -0.25) is 0 Å². The molecule has 2 rings (SSSR count). The van der Waals surface area contributed by atoms with Crippen LogP contribution in [0.4, 0.5) is 0 Å². The molecule has 0 bridgehead atoms. The van der Waals surface area contributed by atoms with Gasteiger partial charge in [-0.1, -0.05) is 24.3 Å². The molecule has 1 aliphatic heterocycles. The van der Waals surface area contributed by atoms with E-state index in [1.165, 1.54) is 5.56 Å². The topological polar surface area (TPSA) is 29.5 Å². The second kappa shape index (κ2) is 4.77. The molecule has 1 atom stereocenters. The zero-order valence-corrected chi connectivity index (χ0v) is 9.15. The van der Waals surface area contributed by atoms with Crippen LogP contribution in [0.3, 0.4) is 0 Å². The molecule has 0 amide bonds. The highest BCUT2D eigenvalue weighted by Crippen LogP contribution is 2.31. The number of aliphatic hydroxyl groups is 1. The maximum Gasteiger partial charge on any atom is 0.0822 e. The Hall–Kier alpha value is -0.860. The summed E-state index contributed by atoms with van der Waals surface area (Å²) in [6, 6.07) is 8.08. The zero-order chi connectivity index (χ0) is 10.7. The van der Waals surface area contributed by atoms with E-state index in [2.05, 4.69) is 13.0 Å². The van der Waals surface area contributed by atoms with E-state index in [9.17, 15) is 5.11 Å². The molecule has 1 fully saturated rings. The quantitative estimate of drug-likeness (QED) is 0.805. The van der Waals surface area contributed by atoms with Crippen molar-refractivity contribution < 1.29 is 9.84 Å². The highest BCUT2D eigenvalue weighted by atomic mass is 16.5. The summed E-state index contributed by atoms with van der Waals surface area (Å²) in [6.45, 7) is 3.62. The smallest absolute Gasteiger partial charge is 0.0822 e. The van der Waals surface area contributed by atoms with Crippen LogP contribution in [-0.2, 0) is 4.74 Å². The third-order valence-corrected chi connectivity index (χ3v) is 3.22. The molecule has 0 saturated carbocycles. The van der Waals surface area contributed by atoms with Gasteiger partial charge in [-0.05, 0) is 36.8 Å². The summed E-state index contributed by atoms with van der Waals surface area (Å²) in [5.74, 6) is 0.361. The van der Waals surface area contributed by atoms with Crippen molar-refractivity contribution in [2.75, 3.05) is 13.2 Å². The van der Waals surface area contributed by atoms with Gasteiger partial charge in [-0.15, -0.1) is 0 Å². The number of aliphatic hydroxyl groups excluding tert-OH is 1. The summed E-state index contributed by atoms with van der Waals surface area (Å²) in [5, 5.41) is 10.3. The number of benzene rings is 1. The van der Waals surface area contributed by atoms with Gasteiger partial charge in [0.25, 0.3) is 0 Å². The fourth-order valence-electron chi connectivity index (χ4n) is 2.20. The van der Waals surface area contributed by atoms with Crippen LogP contribution in [-0.4, -0.2) is 18.3 Å². The molecular weight excluding hydrogens is 188 g/mol. The van der Waals surface area contributed by atoms with E-state index in [1.54, 1.807) is 0 Å².